The highest BCUT2D eigenvalue weighted by atomic mass is 16.5. The summed E-state index contributed by atoms with van der Waals surface area (Å²) in [7, 11) is 1.62. The Morgan fingerprint density at radius 1 is 0.756 bits per heavy atom. The number of hydrogen-bond donors (Lipinski definition) is 3. The van der Waals surface area contributed by atoms with Crippen molar-refractivity contribution in [3.8, 4) is 16.9 Å². The molecule has 0 aliphatic heterocycles. The Kier molecular flexibility index (Phi) is 9.89. The molecule has 1 unspecified atom stereocenters. The topological polar surface area (TPSA) is 96.5 Å². The molecule has 4 aromatic rings. The highest BCUT2D eigenvalue weighted by molar-refractivity contribution is 5.96. The smallest absolute Gasteiger partial charge is 0.251 e. The summed E-state index contributed by atoms with van der Waals surface area (Å²) in [6, 6.07) is 30.0. The zero-order chi connectivity index (χ0) is 29.2. The Morgan fingerprint density at radius 3 is 2.15 bits per heavy atom. The fraction of sp³-hybridized carbons (Fsp3) is 0.206. The molecule has 4 aromatic carbocycles. The van der Waals surface area contributed by atoms with Crippen molar-refractivity contribution in [3.05, 3.63) is 119 Å². The summed E-state index contributed by atoms with van der Waals surface area (Å²) in [5.41, 5.74) is 5.74. The summed E-state index contributed by atoms with van der Waals surface area (Å²) in [5, 5.41) is 9.21. The van der Waals surface area contributed by atoms with Crippen molar-refractivity contribution in [2.45, 2.75) is 19.8 Å². The van der Waals surface area contributed by atoms with Gasteiger partial charge in [-0.2, -0.15) is 0 Å². The van der Waals surface area contributed by atoms with Crippen molar-refractivity contribution in [1.29, 1.82) is 0 Å². The second kappa shape index (κ2) is 13.9. The van der Waals surface area contributed by atoms with Gasteiger partial charge in [0.2, 0.25) is 5.91 Å². The summed E-state index contributed by atoms with van der Waals surface area (Å²) in [4.78, 5) is 38.0. The third-order valence-electron chi connectivity index (χ3n) is 6.82. The average Bonchev–Trinajstić information content (AvgIpc) is 3.00. The van der Waals surface area contributed by atoms with Gasteiger partial charge in [-0.15, -0.1) is 0 Å². The average molecular weight is 550 g/mol. The Labute approximate surface area is 240 Å². The third kappa shape index (κ3) is 8.05. The van der Waals surface area contributed by atoms with Gasteiger partial charge in [0.05, 0.1) is 13.0 Å². The standard InChI is InChI=1S/C34H35N3O4/c1-23-6-4-9-29(20-23)33(39)37-22-32(34(40)36-19-18-35-30-14-16-31(41-3)17-15-30)26-12-10-25(11-13-26)28-8-5-7-27(21-28)24(2)38/h4-17,20-21,32,35H,18-19,22H2,1-3H3,(H,36,40)(H,37,39). The fourth-order valence-corrected chi connectivity index (χ4v) is 4.50. The number of hydrogen-bond acceptors (Lipinski definition) is 5. The first-order valence-corrected chi connectivity index (χ1v) is 13.6. The maximum Gasteiger partial charge on any atom is 0.251 e. The second-order valence-electron chi connectivity index (χ2n) is 9.84. The van der Waals surface area contributed by atoms with Crippen LogP contribution in [0.3, 0.4) is 0 Å². The molecule has 0 radical (unpaired) electrons. The molecule has 7 nitrogen and oxygen atoms in total. The first-order chi connectivity index (χ1) is 19.8. The SMILES string of the molecule is COc1ccc(NCCNC(=O)C(CNC(=O)c2cccc(C)c2)c2ccc(-c3cccc(C(C)=O)c3)cc2)cc1. The first kappa shape index (κ1) is 29.1. The number of benzene rings is 4. The van der Waals surface area contributed by atoms with E-state index in [-0.39, 0.29) is 24.1 Å². The Hall–Kier alpha value is -4.91. The van der Waals surface area contributed by atoms with Gasteiger partial charge in [0.15, 0.2) is 5.78 Å². The van der Waals surface area contributed by atoms with E-state index in [4.69, 9.17) is 4.74 Å². The van der Waals surface area contributed by atoms with E-state index >= 15 is 0 Å². The maximum absolute atomic E-state index is 13.4. The van der Waals surface area contributed by atoms with E-state index in [0.717, 1.165) is 33.7 Å². The third-order valence-corrected chi connectivity index (χ3v) is 6.82. The van der Waals surface area contributed by atoms with E-state index in [9.17, 15) is 14.4 Å². The van der Waals surface area contributed by atoms with Crippen LogP contribution in [0.4, 0.5) is 5.69 Å². The molecule has 2 amide bonds. The van der Waals surface area contributed by atoms with Gasteiger partial charge in [-0.3, -0.25) is 14.4 Å². The van der Waals surface area contributed by atoms with Crippen LogP contribution in [0.2, 0.25) is 0 Å². The number of carbonyl (C=O) groups excluding carboxylic acids is 3. The lowest BCUT2D eigenvalue weighted by molar-refractivity contribution is -0.122. The van der Waals surface area contributed by atoms with E-state index < -0.39 is 5.92 Å². The maximum atomic E-state index is 13.4. The number of aryl methyl sites for hydroxylation is 1. The van der Waals surface area contributed by atoms with Crippen LogP contribution in [0.1, 0.15) is 44.7 Å². The summed E-state index contributed by atoms with van der Waals surface area (Å²) < 4.78 is 5.19. The van der Waals surface area contributed by atoms with Crippen molar-refractivity contribution in [3.63, 3.8) is 0 Å². The molecule has 0 fully saturated rings. The van der Waals surface area contributed by atoms with Crippen LogP contribution in [-0.2, 0) is 4.79 Å². The zero-order valence-corrected chi connectivity index (χ0v) is 23.6. The van der Waals surface area contributed by atoms with Crippen LogP contribution in [0.15, 0.2) is 97.1 Å². The predicted molar refractivity (Wildman–Crippen MR) is 163 cm³/mol. The largest absolute Gasteiger partial charge is 0.497 e. The van der Waals surface area contributed by atoms with Crippen LogP contribution >= 0.6 is 0 Å². The second-order valence-corrected chi connectivity index (χ2v) is 9.84. The van der Waals surface area contributed by atoms with Crippen LogP contribution in [0, 0.1) is 6.92 Å². The molecule has 0 aromatic heterocycles. The van der Waals surface area contributed by atoms with E-state index in [1.165, 1.54) is 0 Å². The fourth-order valence-electron chi connectivity index (χ4n) is 4.50. The van der Waals surface area contributed by atoms with Gasteiger partial charge in [0.25, 0.3) is 5.91 Å². The van der Waals surface area contributed by atoms with Crippen molar-refractivity contribution >= 4 is 23.3 Å². The molecule has 41 heavy (non-hydrogen) atoms. The van der Waals surface area contributed by atoms with Gasteiger partial charge in [0, 0.05) is 36.4 Å². The molecule has 210 valence electrons. The number of ketones is 1. The number of nitrogens with one attached hydrogen (secondary N) is 3. The van der Waals surface area contributed by atoms with E-state index in [0.29, 0.717) is 24.2 Å². The molecule has 4 rings (SSSR count). The number of amides is 2. The molecule has 1 atom stereocenters. The highest BCUT2D eigenvalue weighted by Crippen LogP contribution is 2.24. The summed E-state index contributed by atoms with van der Waals surface area (Å²) >= 11 is 0. The molecular formula is C34H35N3O4. The van der Waals surface area contributed by atoms with Crippen molar-refractivity contribution < 1.29 is 19.1 Å². The number of ether oxygens (including phenoxy) is 1. The minimum Gasteiger partial charge on any atom is -0.497 e. The molecule has 7 heteroatoms. The number of rotatable bonds is 12. The first-order valence-electron chi connectivity index (χ1n) is 13.6. The van der Waals surface area contributed by atoms with Gasteiger partial charge in [-0.25, -0.2) is 0 Å². The number of carbonyl (C=O) groups is 3. The highest BCUT2D eigenvalue weighted by Gasteiger charge is 2.22. The quantitative estimate of drug-likeness (QED) is 0.158. The molecule has 0 aliphatic rings. The molecule has 0 spiro atoms. The van der Waals surface area contributed by atoms with Crippen molar-refractivity contribution in [1.82, 2.24) is 10.6 Å². The predicted octanol–water partition coefficient (Wildman–Crippen LogP) is 5.62. The van der Waals surface area contributed by atoms with Gasteiger partial charge in [0.1, 0.15) is 5.75 Å². The lowest BCUT2D eigenvalue weighted by Gasteiger charge is -2.19. The molecular weight excluding hydrogens is 514 g/mol. The number of anilines is 1. The zero-order valence-electron chi connectivity index (χ0n) is 23.6. The molecule has 0 saturated heterocycles. The van der Waals surface area contributed by atoms with E-state index in [1.54, 1.807) is 26.2 Å². The monoisotopic (exact) mass is 549 g/mol. The Morgan fingerprint density at radius 2 is 1.46 bits per heavy atom. The Bertz CT molecular complexity index is 1500. The van der Waals surface area contributed by atoms with Crippen LogP contribution in [0.5, 0.6) is 5.75 Å². The normalized spacial score (nSPS) is 11.3. The summed E-state index contributed by atoms with van der Waals surface area (Å²) in [6.07, 6.45) is 0. The van der Waals surface area contributed by atoms with Crippen LogP contribution in [0.25, 0.3) is 11.1 Å². The molecule has 3 N–H and O–H groups in total. The summed E-state index contributed by atoms with van der Waals surface area (Å²) in [5.74, 6) is -0.229. The minimum atomic E-state index is -0.595. The minimum absolute atomic E-state index is 0.00559. The van der Waals surface area contributed by atoms with Crippen molar-refractivity contribution in [2.24, 2.45) is 0 Å². The van der Waals surface area contributed by atoms with Crippen molar-refractivity contribution in [2.75, 3.05) is 32.1 Å². The number of methoxy groups -OCH3 is 1. The van der Waals surface area contributed by atoms with Crippen LogP contribution < -0.4 is 20.7 Å². The van der Waals surface area contributed by atoms with E-state index in [2.05, 4.69) is 16.0 Å². The van der Waals surface area contributed by atoms with Crippen LogP contribution in [-0.4, -0.2) is 44.3 Å². The van der Waals surface area contributed by atoms with E-state index in [1.807, 2.05) is 91.9 Å². The molecule has 0 aliphatic carbocycles. The molecule has 0 bridgehead atoms. The van der Waals surface area contributed by atoms with Gasteiger partial charge in [-0.1, -0.05) is 60.2 Å². The lowest BCUT2D eigenvalue weighted by atomic mass is 9.94. The van der Waals surface area contributed by atoms with Gasteiger partial charge < -0.3 is 20.7 Å². The molecule has 0 saturated carbocycles. The van der Waals surface area contributed by atoms with Gasteiger partial charge in [-0.05, 0) is 73.0 Å². The lowest BCUT2D eigenvalue weighted by Crippen LogP contribution is -2.39. The van der Waals surface area contributed by atoms with Gasteiger partial charge >= 0.3 is 0 Å². The summed E-state index contributed by atoms with van der Waals surface area (Å²) in [6.45, 7) is 4.56. The number of Topliss-reactive ketones (excluding diaryl/α,β-unsaturated/α-hetero) is 1. The Balaban J connectivity index is 1.45. The molecule has 0 heterocycles.